The van der Waals surface area contributed by atoms with E-state index in [-0.39, 0.29) is 0 Å². The van der Waals surface area contributed by atoms with Crippen molar-refractivity contribution in [2.45, 2.75) is 13.3 Å². The van der Waals surface area contributed by atoms with Gasteiger partial charge in [0.15, 0.2) is 0 Å². The van der Waals surface area contributed by atoms with Crippen LogP contribution in [0.4, 0.5) is 4.79 Å². The summed E-state index contributed by atoms with van der Waals surface area (Å²) in [7, 11) is 0. The fourth-order valence-corrected chi connectivity index (χ4v) is 1.59. The molecule has 1 N–H and O–H groups in total. The van der Waals surface area contributed by atoms with Crippen LogP contribution in [-0.4, -0.2) is 65.7 Å². The minimum Gasteiger partial charge on any atom is -0.481 e. The maximum absolute atomic E-state index is 11.4. The van der Waals surface area contributed by atoms with E-state index in [1.165, 1.54) is 9.80 Å². The van der Waals surface area contributed by atoms with E-state index in [4.69, 9.17) is 9.84 Å². The van der Waals surface area contributed by atoms with Crippen LogP contribution in [0.25, 0.3) is 0 Å². The highest BCUT2D eigenvalue weighted by atomic mass is 16.6. The van der Waals surface area contributed by atoms with Crippen LogP contribution >= 0.6 is 0 Å². The number of hydrogen-bond acceptors (Lipinski definition) is 4. The van der Waals surface area contributed by atoms with Gasteiger partial charge in [-0.1, -0.05) is 0 Å². The predicted molar refractivity (Wildman–Crippen MR) is 57.4 cm³/mol. The van der Waals surface area contributed by atoms with Gasteiger partial charge in [0.25, 0.3) is 0 Å². The van der Waals surface area contributed by atoms with Crippen molar-refractivity contribution in [3.63, 3.8) is 0 Å². The van der Waals surface area contributed by atoms with E-state index >= 15 is 0 Å². The topological polar surface area (TPSA) is 87.2 Å². The SMILES string of the molecule is CCOC(=O)N1CCN(C(=O)CC(=O)O)CC1. The maximum atomic E-state index is 11.4. The van der Waals surface area contributed by atoms with Crippen molar-refractivity contribution in [1.29, 1.82) is 0 Å². The average molecular weight is 244 g/mol. The van der Waals surface area contributed by atoms with Crippen LogP contribution < -0.4 is 0 Å². The summed E-state index contributed by atoms with van der Waals surface area (Å²) in [6.45, 7) is 3.51. The third kappa shape index (κ3) is 3.93. The number of amides is 2. The predicted octanol–water partition coefficient (Wildman–Crippen LogP) is -0.238. The molecule has 1 aliphatic rings. The Kier molecular flexibility index (Phi) is 4.74. The molecule has 96 valence electrons. The summed E-state index contributed by atoms with van der Waals surface area (Å²) in [6, 6.07) is 0. The van der Waals surface area contributed by atoms with Crippen LogP contribution in [0.3, 0.4) is 0 Å². The highest BCUT2D eigenvalue weighted by Crippen LogP contribution is 2.05. The molecule has 0 aliphatic carbocycles. The molecule has 17 heavy (non-hydrogen) atoms. The zero-order chi connectivity index (χ0) is 12.8. The quantitative estimate of drug-likeness (QED) is 0.692. The normalized spacial score (nSPS) is 15.6. The first-order valence-electron chi connectivity index (χ1n) is 5.46. The Morgan fingerprint density at radius 2 is 1.65 bits per heavy atom. The van der Waals surface area contributed by atoms with Gasteiger partial charge in [-0.2, -0.15) is 0 Å². The molecule has 2 amide bonds. The number of nitrogens with zero attached hydrogens (tertiary/aromatic N) is 2. The lowest BCUT2D eigenvalue weighted by atomic mass is 10.3. The molecule has 1 rings (SSSR count). The van der Waals surface area contributed by atoms with Crippen molar-refractivity contribution in [1.82, 2.24) is 9.80 Å². The Labute approximate surface area is 98.9 Å². The number of aliphatic carboxylic acids is 1. The lowest BCUT2D eigenvalue weighted by molar-refractivity contribution is -0.144. The van der Waals surface area contributed by atoms with Gasteiger partial charge in [-0.05, 0) is 6.92 Å². The number of carbonyl (C=O) groups excluding carboxylic acids is 2. The molecular weight excluding hydrogens is 228 g/mol. The lowest BCUT2D eigenvalue weighted by Gasteiger charge is -2.33. The largest absolute Gasteiger partial charge is 0.481 e. The zero-order valence-electron chi connectivity index (χ0n) is 9.72. The molecule has 7 heteroatoms. The average Bonchev–Trinajstić information content (AvgIpc) is 2.28. The standard InChI is InChI=1S/C10H16N2O5/c1-2-17-10(16)12-5-3-11(4-6-12)8(13)7-9(14)15/h2-7H2,1H3,(H,14,15). The van der Waals surface area contributed by atoms with Gasteiger partial charge in [0.2, 0.25) is 5.91 Å². The van der Waals surface area contributed by atoms with Gasteiger partial charge in [-0.25, -0.2) is 4.79 Å². The number of carbonyl (C=O) groups is 3. The molecular formula is C10H16N2O5. The summed E-state index contributed by atoms with van der Waals surface area (Å²) in [6.07, 6.45) is -0.891. The minimum atomic E-state index is -1.14. The van der Waals surface area contributed by atoms with E-state index in [1.54, 1.807) is 6.92 Å². The third-order valence-electron chi connectivity index (χ3n) is 2.46. The van der Waals surface area contributed by atoms with Crippen LogP contribution in [0.5, 0.6) is 0 Å². The first-order valence-corrected chi connectivity index (χ1v) is 5.46. The summed E-state index contributed by atoms with van der Waals surface area (Å²) < 4.78 is 4.83. The summed E-state index contributed by atoms with van der Waals surface area (Å²) >= 11 is 0. The number of hydrogen-bond donors (Lipinski definition) is 1. The molecule has 0 radical (unpaired) electrons. The molecule has 0 spiro atoms. The van der Waals surface area contributed by atoms with Gasteiger partial charge in [-0.3, -0.25) is 9.59 Å². The molecule has 0 unspecified atom stereocenters. The Balaban J connectivity index is 2.37. The summed E-state index contributed by atoms with van der Waals surface area (Å²) in [4.78, 5) is 36.1. The molecule has 0 aromatic rings. The first kappa shape index (κ1) is 13.3. The highest BCUT2D eigenvalue weighted by Gasteiger charge is 2.25. The van der Waals surface area contributed by atoms with E-state index in [2.05, 4.69) is 0 Å². The van der Waals surface area contributed by atoms with Gasteiger partial charge >= 0.3 is 12.1 Å². The van der Waals surface area contributed by atoms with Crippen molar-refractivity contribution < 1.29 is 24.2 Å². The fraction of sp³-hybridized carbons (Fsp3) is 0.700. The first-order chi connectivity index (χ1) is 8.04. The second-order valence-corrected chi connectivity index (χ2v) is 3.64. The van der Waals surface area contributed by atoms with Crippen LogP contribution in [0, 0.1) is 0 Å². The molecule has 1 aliphatic heterocycles. The van der Waals surface area contributed by atoms with E-state index < -0.39 is 24.4 Å². The Bertz CT molecular complexity index is 310. The summed E-state index contributed by atoms with van der Waals surface area (Å²) in [5.41, 5.74) is 0. The second kappa shape index (κ2) is 6.07. The second-order valence-electron chi connectivity index (χ2n) is 3.64. The van der Waals surface area contributed by atoms with Crippen molar-refractivity contribution >= 4 is 18.0 Å². The Hall–Kier alpha value is -1.79. The van der Waals surface area contributed by atoms with Gasteiger partial charge in [0.05, 0.1) is 6.61 Å². The summed E-state index contributed by atoms with van der Waals surface area (Å²) in [5.74, 6) is -1.55. The zero-order valence-corrected chi connectivity index (χ0v) is 9.72. The van der Waals surface area contributed by atoms with Gasteiger partial charge in [0, 0.05) is 26.2 Å². The van der Waals surface area contributed by atoms with E-state index in [9.17, 15) is 14.4 Å². The number of rotatable bonds is 3. The van der Waals surface area contributed by atoms with Gasteiger partial charge in [-0.15, -0.1) is 0 Å². The minimum absolute atomic E-state index is 0.316. The summed E-state index contributed by atoms with van der Waals surface area (Å²) in [5, 5.41) is 8.49. The molecule has 0 saturated carbocycles. The van der Waals surface area contributed by atoms with Crippen molar-refractivity contribution in [2.75, 3.05) is 32.8 Å². The Morgan fingerprint density at radius 1 is 1.12 bits per heavy atom. The molecule has 1 heterocycles. The monoisotopic (exact) mass is 244 g/mol. The molecule has 0 atom stereocenters. The van der Waals surface area contributed by atoms with Crippen LogP contribution in [0.15, 0.2) is 0 Å². The number of piperazine rings is 1. The molecule has 0 bridgehead atoms. The molecule has 0 aromatic carbocycles. The van der Waals surface area contributed by atoms with Crippen LogP contribution in [0.1, 0.15) is 13.3 Å². The van der Waals surface area contributed by atoms with Gasteiger partial charge in [0.1, 0.15) is 6.42 Å². The molecule has 1 fully saturated rings. The number of carboxylic acids is 1. The van der Waals surface area contributed by atoms with E-state index in [0.717, 1.165) is 0 Å². The van der Waals surface area contributed by atoms with Crippen LogP contribution in [0.2, 0.25) is 0 Å². The fourth-order valence-electron chi connectivity index (χ4n) is 1.59. The lowest BCUT2D eigenvalue weighted by Crippen LogP contribution is -2.51. The number of carboxylic acid groups (broad SMARTS) is 1. The number of ether oxygens (including phenoxy) is 1. The van der Waals surface area contributed by atoms with Crippen molar-refractivity contribution in [3.05, 3.63) is 0 Å². The van der Waals surface area contributed by atoms with Crippen molar-refractivity contribution in [3.8, 4) is 0 Å². The highest BCUT2D eigenvalue weighted by molar-refractivity contribution is 5.93. The van der Waals surface area contributed by atoms with Crippen molar-refractivity contribution in [2.24, 2.45) is 0 Å². The van der Waals surface area contributed by atoms with E-state index in [0.29, 0.717) is 32.8 Å². The Morgan fingerprint density at radius 3 is 2.12 bits per heavy atom. The molecule has 0 aromatic heterocycles. The molecule has 1 saturated heterocycles. The van der Waals surface area contributed by atoms with E-state index in [1.807, 2.05) is 0 Å². The smallest absolute Gasteiger partial charge is 0.409 e. The van der Waals surface area contributed by atoms with Gasteiger partial charge < -0.3 is 19.6 Å². The molecule has 7 nitrogen and oxygen atoms in total. The maximum Gasteiger partial charge on any atom is 0.409 e. The third-order valence-corrected chi connectivity index (χ3v) is 2.46. The van der Waals surface area contributed by atoms with Crippen LogP contribution in [-0.2, 0) is 14.3 Å².